The molecule has 0 aliphatic carbocycles. The molecule has 0 saturated carbocycles. The van der Waals surface area contributed by atoms with Crippen molar-refractivity contribution < 1.29 is 4.79 Å². The third-order valence-corrected chi connectivity index (χ3v) is 3.38. The average molecular weight is 248 g/mol. The lowest BCUT2D eigenvalue weighted by Gasteiger charge is -2.17. The van der Waals surface area contributed by atoms with Gasteiger partial charge in [0.1, 0.15) is 0 Å². The van der Waals surface area contributed by atoms with Gasteiger partial charge < -0.3 is 15.5 Å². The second-order valence-electron chi connectivity index (χ2n) is 4.90. The van der Waals surface area contributed by atoms with Gasteiger partial charge in [-0.2, -0.15) is 0 Å². The van der Waals surface area contributed by atoms with Crippen LogP contribution < -0.4 is 5.73 Å². The molecule has 5 heteroatoms. The lowest BCUT2D eigenvalue weighted by molar-refractivity contribution is 0.194. The molecule has 0 aromatic carbocycles. The summed E-state index contributed by atoms with van der Waals surface area (Å²) in [6.45, 7) is 3.42. The first-order chi connectivity index (χ1) is 8.59. The molecule has 1 aliphatic rings. The van der Waals surface area contributed by atoms with E-state index >= 15 is 0 Å². The largest absolute Gasteiger partial charge is 0.328 e. The topological polar surface area (TPSA) is 62.5 Å². The molecule has 5 nitrogen and oxygen atoms in total. The molecule has 0 radical (unpaired) electrons. The van der Waals surface area contributed by atoms with Crippen LogP contribution in [0, 0.1) is 0 Å². The van der Waals surface area contributed by atoms with Gasteiger partial charge in [0.2, 0.25) is 0 Å². The Bertz CT molecular complexity index is 407. The van der Waals surface area contributed by atoms with Gasteiger partial charge in [0.05, 0.1) is 6.04 Å². The number of pyridine rings is 1. The molecule has 2 heterocycles. The van der Waals surface area contributed by atoms with Gasteiger partial charge >= 0.3 is 6.03 Å². The van der Waals surface area contributed by atoms with Gasteiger partial charge in [0, 0.05) is 38.6 Å². The minimum atomic E-state index is 0.0810. The Morgan fingerprint density at radius 3 is 2.78 bits per heavy atom. The Morgan fingerprint density at radius 1 is 1.50 bits per heavy atom. The van der Waals surface area contributed by atoms with Crippen LogP contribution in [0.5, 0.6) is 0 Å². The molecular weight excluding hydrogens is 228 g/mol. The van der Waals surface area contributed by atoms with E-state index in [0.29, 0.717) is 0 Å². The SMILES string of the molecule is CC(N)CCN1CC(c2ccncc2)N(C)C1=O. The monoisotopic (exact) mass is 248 g/mol. The van der Waals surface area contributed by atoms with Crippen LogP contribution in [-0.2, 0) is 0 Å². The van der Waals surface area contributed by atoms with Gasteiger partial charge in [-0.25, -0.2) is 4.79 Å². The molecule has 1 saturated heterocycles. The summed E-state index contributed by atoms with van der Waals surface area (Å²) in [5.41, 5.74) is 6.87. The third-order valence-electron chi connectivity index (χ3n) is 3.38. The fourth-order valence-corrected chi connectivity index (χ4v) is 2.23. The molecule has 0 bridgehead atoms. The van der Waals surface area contributed by atoms with Crippen molar-refractivity contribution in [2.45, 2.75) is 25.4 Å². The van der Waals surface area contributed by atoms with Crippen LogP contribution in [0.25, 0.3) is 0 Å². The van der Waals surface area contributed by atoms with Crippen LogP contribution in [0.3, 0.4) is 0 Å². The zero-order chi connectivity index (χ0) is 13.1. The maximum absolute atomic E-state index is 12.1. The van der Waals surface area contributed by atoms with Crippen molar-refractivity contribution in [2.75, 3.05) is 20.1 Å². The lowest BCUT2D eigenvalue weighted by Crippen LogP contribution is -2.32. The van der Waals surface area contributed by atoms with Crippen molar-refractivity contribution in [1.29, 1.82) is 0 Å². The fraction of sp³-hybridized carbons (Fsp3) is 0.538. The second kappa shape index (κ2) is 5.35. The minimum Gasteiger partial charge on any atom is -0.328 e. The maximum Gasteiger partial charge on any atom is 0.320 e. The van der Waals surface area contributed by atoms with Crippen LogP contribution in [0.15, 0.2) is 24.5 Å². The van der Waals surface area contributed by atoms with Crippen LogP contribution >= 0.6 is 0 Å². The van der Waals surface area contributed by atoms with E-state index < -0.39 is 0 Å². The Kier molecular flexibility index (Phi) is 3.81. The summed E-state index contributed by atoms with van der Waals surface area (Å²) in [7, 11) is 1.85. The number of hydrogen-bond donors (Lipinski definition) is 1. The highest BCUT2D eigenvalue weighted by Gasteiger charge is 2.34. The van der Waals surface area contributed by atoms with Crippen LogP contribution in [-0.4, -0.2) is 47.0 Å². The fourth-order valence-electron chi connectivity index (χ4n) is 2.23. The van der Waals surface area contributed by atoms with E-state index in [9.17, 15) is 4.79 Å². The van der Waals surface area contributed by atoms with Gasteiger partial charge in [-0.15, -0.1) is 0 Å². The molecule has 98 valence electrons. The first-order valence-electron chi connectivity index (χ1n) is 6.27. The quantitative estimate of drug-likeness (QED) is 0.871. The number of amides is 2. The number of carbonyl (C=O) groups excluding carboxylic acids is 1. The molecule has 1 aromatic rings. The van der Waals surface area contributed by atoms with Gasteiger partial charge in [0.25, 0.3) is 0 Å². The summed E-state index contributed by atoms with van der Waals surface area (Å²) >= 11 is 0. The van der Waals surface area contributed by atoms with Gasteiger partial charge in [-0.1, -0.05) is 0 Å². The summed E-state index contributed by atoms with van der Waals surface area (Å²) in [4.78, 5) is 19.8. The summed E-state index contributed by atoms with van der Waals surface area (Å²) in [5, 5.41) is 0. The van der Waals surface area contributed by atoms with E-state index in [1.807, 2.05) is 31.0 Å². The minimum absolute atomic E-state index is 0.0810. The third kappa shape index (κ3) is 2.61. The highest BCUT2D eigenvalue weighted by Crippen LogP contribution is 2.27. The van der Waals surface area contributed by atoms with Crippen molar-refractivity contribution in [3.8, 4) is 0 Å². The predicted octanol–water partition coefficient (Wildman–Crippen LogP) is 1.23. The highest BCUT2D eigenvalue weighted by atomic mass is 16.2. The van der Waals surface area contributed by atoms with Gasteiger partial charge in [-0.05, 0) is 31.0 Å². The number of urea groups is 1. The zero-order valence-electron chi connectivity index (χ0n) is 10.9. The van der Waals surface area contributed by atoms with E-state index in [1.54, 1.807) is 17.3 Å². The molecule has 2 rings (SSSR count). The summed E-state index contributed by atoms with van der Waals surface area (Å²) in [5.74, 6) is 0. The van der Waals surface area contributed by atoms with E-state index in [2.05, 4.69) is 4.98 Å². The van der Waals surface area contributed by atoms with Gasteiger partial charge in [-0.3, -0.25) is 4.98 Å². The molecule has 2 N–H and O–H groups in total. The molecule has 0 spiro atoms. The first-order valence-corrected chi connectivity index (χ1v) is 6.27. The Balaban J connectivity index is 2.05. The molecule has 1 fully saturated rings. The second-order valence-corrected chi connectivity index (χ2v) is 4.90. The molecular formula is C13H20N4O. The first kappa shape index (κ1) is 12.8. The van der Waals surface area contributed by atoms with E-state index in [-0.39, 0.29) is 18.1 Å². The lowest BCUT2D eigenvalue weighted by atomic mass is 10.1. The van der Waals surface area contributed by atoms with Crippen molar-refractivity contribution >= 4 is 6.03 Å². The van der Waals surface area contributed by atoms with Crippen molar-refractivity contribution in [2.24, 2.45) is 5.73 Å². The van der Waals surface area contributed by atoms with Crippen LogP contribution in [0.4, 0.5) is 4.79 Å². The van der Waals surface area contributed by atoms with E-state index in [1.165, 1.54) is 0 Å². The highest BCUT2D eigenvalue weighted by molar-refractivity contribution is 5.77. The summed E-state index contributed by atoms with van der Waals surface area (Å²) in [6.07, 6.45) is 4.36. The number of nitrogens with zero attached hydrogens (tertiary/aromatic N) is 3. The molecule has 18 heavy (non-hydrogen) atoms. The number of nitrogens with two attached hydrogens (primary N) is 1. The number of aromatic nitrogens is 1. The van der Waals surface area contributed by atoms with Crippen LogP contribution in [0.2, 0.25) is 0 Å². The standard InChI is InChI=1S/C13H20N4O/c1-10(14)5-8-17-9-12(16(2)13(17)18)11-3-6-15-7-4-11/h3-4,6-7,10,12H,5,8-9,14H2,1-2H3. The molecule has 2 amide bonds. The Labute approximate surface area is 108 Å². The van der Waals surface area contributed by atoms with Crippen LogP contribution in [0.1, 0.15) is 24.9 Å². The molecule has 1 aromatic heterocycles. The number of hydrogen-bond acceptors (Lipinski definition) is 3. The van der Waals surface area contributed by atoms with Crippen molar-refractivity contribution in [3.05, 3.63) is 30.1 Å². The number of rotatable bonds is 4. The molecule has 2 atom stereocenters. The van der Waals surface area contributed by atoms with E-state index in [0.717, 1.165) is 25.1 Å². The smallest absolute Gasteiger partial charge is 0.320 e. The van der Waals surface area contributed by atoms with Crippen molar-refractivity contribution in [1.82, 2.24) is 14.8 Å². The number of likely N-dealkylation sites (N-methyl/N-ethyl adjacent to an activating group) is 1. The zero-order valence-corrected chi connectivity index (χ0v) is 10.9. The number of carbonyl (C=O) groups is 1. The molecule has 1 aliphatic heterocycles. The Morgan fingerprint density at radius 2 is 2.17 bits per heavy atom. The summed E-state index contributed by atoms with van der Waals surface area (Å²) in [6, 6.07) is 4.25. The average Bonchev–Trinajstić information content (AvgIpc) is 2.65. The predicted molar refractivity (Wildman–Crippen MR) is 70.0 cm³/mol. The van der Waals surface area contributed by atoms with E-state index in [4.69, 9.17) is 5.73 Å². The molecule has 2 unspecified atom stereocenters. The normalized spacial score (nSPS) is 21.5. The summed E-state index contributed by atoms with van der Waals surface area (Å²) < 4.78 is 0. The Hall–Kier alpha value is -1.62. The van der Waals surface area contributed by atoms with Crippen molar-refractivity contribution in [3.63, 3.8) is 0 Å². The maximum atomic E-state index is 12.1. The van der Waals surface area contributed by atoms with Gasteiger partial charge in [0.15, 0.2) is 0 Å².